The van der Waals surface area contributed by atoms with Crippen LogP contribution in [0.4, 0.5) is 0 Å². The van der Waals surface area contributed by atoms with E-state index in [-0.39, 0.29) is 5.91 Å². The Morgan fingerprint density at radius 1 is 1.64 bits per heavy atom. The minimum atomic E-state index is 0.110. The number of nitrogens with zero attached hydrogens (tertiary/aromatic N) is 1. The van der Waals surface area contributed by atoms with Gasteiger partial charge in [-0.15, -0.1) is 0 Å². The van der Waals surface area contributed by atoms with Crippen LogP contribution in [0.15, 0.2) is 6.20 Å². The molecule has 0 fully saturated rings. The number of amides is 1. The van der Waals surface area contributed by atoms with E-state index in [9.17, 15) is 4.79 Å². The Labute approximate surface area is 84.1 Å². The first kappa shape index (κ1) is 10.8. The largest absolute Gasteiger partial charge is 0.356 e. The summed E-state index contributed by atoms with van der Waals surface area (Å²) >= 11 is 0. The molecule has 0 saturated carbocycles. The second-order valence-corrected chi connectivity index (χ2v) is 3.34. The van der Waals surface area contributed by atoms with Crippen LogP contribution in [0.2, 0.25) is 0 Å². The molecule has 0 unspecified atom stereocenters. The highest BCUT2D eigenvalue weighted by Crippen LogP contribution is 1.99. The van der Waals surface area contributed by atoms with Crippen molar-refractivity contribution in [1.29, 1.82) is 0 Å². The first-order chi connectivity index (χ1) is 6.72. The number of aromatic amines is 1. The molecule has 14 heavy (non-hydrogen) atoms. The molecule has 4 heteroatoms. The van der Waals surface area contributed by atoms with Crippen LogP contribution < -0.4 is 5.32 Å². The quantitative estimate of drug-likeness (QED) is 0.741. The van der Waals surface area contributed by atoms with Gasteiger partial charge in [0.05, 0.1) is 0 Å². The fourth-order valence-corrected chi connectivity index (χ4v) is 1.20. The second kappa shape index (κ2) is 5.42. The van der Waals surface area contributed by atoms with Crippen LogP contribution in [-0.4, -0.2) is 22.4 Å². The Bertz CT molecular complexity index is 293. The molecule has 0 atom stereocenters. The fraction of sp³-hybridized carbons (Fsp3) is 0.600. The van der Waals surface area contributed by atoms with Gasteiger partial charge in [0.25, 0.3) is 0 Å². The van der Waals surface area contributed by atoms with Gasteiger partial charge < -0.3 is 10.3 Å². The van der Waals surface area contributed by atoms with Gasteiger partial charge in [0.15, 0.2) is 0 Å². The molecule has 2 N–H and O–H groups in total. The third kappa shape index (κ3) is 3.60. The van der Waals surface area contributed by atoms with E-state index in [1.165, 1.54) is 0 Å². The molecule has 1 rings (SSSR count). The molecule has 0 aromatic carbocycles. The smallest absolute Gasteiger partial charge is 0.220 e. The normalized spacial score (nSPS) is 10.1. The molecule has 1 aromatic heterocycles. The Morgan fingerprint density at radius 3 is 3.00 bits per heavy atom. The third-order valence-corrected chi connectivity index (χ3v) is 1.95. The molecule has 78 valence electrons. The van der Waals surface area contributed by atoms with Gasteiger partial charge in [-0.1, -0.05) is 6.92 Å². The van der Waals surface area contributed by atoms with E-state index in [0.717, 1.165) is 30.9 Å². The fourth-order valence-electron chi connectivity index (χ4n) is 1.20. The predicted molar refractivity (Wildman–Crippen MR) is 54.9 cm³/mol. The summed E-state index contributed by atoms with van der Waals surface area (Å²) < 4.78 is 0. The van der Waals surface area contributed by atoms with Gasteiger partial charge in [-0.05, 0) is 19.8 Å². The second-order valence-electron chi connectivity index (χ2n) is 3.34. The van der Waals surface area contributed by atoms with Crippen molar-refractivity contribution in [3.63, 3.8) is 0 Å². The Balaban J connectivity index is 2.23. The lowest BCUT2D eigenvalue weighted by atomic mass is 10.2. The summed E-state index contributed by atoms with van der Waals surface area (Å²) in [7, 11) is 0. The number of carbonyl (C=O) groups is 1. The molecule has 0 aliphatic rings. The molecular weight excluding hydrogens is 178 g/mol. The van der Waals surface area contributed by atoms with Crippen molar-refractivity contribution in [2.75, 3.05) is 6.54 Å². The average Bonchev–Trinajstić information content (AvgIpc) is 2.58. The molecule has 0 radical (unpaired) electrons. The number of hydrogen-bond acceptors (Lipinski definition) is 2. The summed E-state index contributed by atoms with van der Waals surface area (Å²) in [5.74, 6) is 1.01. The summed E-state index contributed by atoms with van der Waals surface area (Å²) in [6.45, 7) is 4.71. The number of H-pyrrole nitrogens is 1. The van der Waals surface area contributed by atoms with Crippen LogP contribution in [-0.2, 0) is 11.2 Å². The summed E-state index contributed by atoms with van der Waals surface area (Å²) in [6.07, 6.45) is 4.02. The average molecular weight is 195 g/mol. The van der Waals surface area contributed by atoms with E-state index in [0.29, 0.717) is 6.42 Å². The molecule has 0 aliphatic heterocycles. The molecule has 0 spiro atoms. The lowest BCUT2D eigenvalue weighted by molar-refractivity contribution is -0.121. The van der Waals surface area contributed by atoms with Gasteiger partial charge in [0.2, 0.25) is 5.91 Å². The van der Waals surface area contributed by atoms with Gasteiger partial charge >= 0.3 is 0 Å². The monoisotopic (exact) mass is 195 g/mol. The summed E-state index contributed by atoms with van der Waals surface area (Å²) in [6, 6.07) is 0. The third-order valence-electron chi connectivity index (χ3n) is 1.95. The molecule has 4 nitrogen and oxygen atoms in total. The predicted octanol–water partition coefficient (Wildman–Crippen LogP) is 1.18. The Kier molecular flexibility index (Phi) is 4.16. The highest BCUT2D eigenvalue weighted by molar-refractivity contribution is 5.76. The van der Waals surface area contributed by atoms with E-state index in [4.69, 9.17) is 0 Å². The van der Waals surface area contributed by atoms with Gasteiger partial charge in [0.1, 0.15) is 5.82 Å². The summed E-state index contributed by atoms with van der Waals surface area (Å²) in [4.78, 5) is 18.4. The standard InChI is InChI=1S/C10H17N3O/c1-3-6-11-10(14)5-4-9-7-12-8(2)13-9/h7H,3-6H2,1-2H3,(H,11,14)(H,12,13). The van der Waals surface area contributed by atoms with Crippen molar-refractivity contribution in [1.82, 2.24) is 15.3 Å². The minimum Gasteiger partial charge on any atom is -0.356 e. The van der Waals surface area contributed by atoms with Crippen LogP contribution in [0.3, 0.4) is 0 Å². The SMILES string of the molecule is CCCNC(=O)CCc1cnc(C)[nH]1. The van der Waals surface area contributed by atoms with Crippen molar-refractivity contribution in [3.8, 4) is 0 Å². The topological polar surface area (TPSA) is 57.8 Å². The van der Waals surface area contributed by atoms with Gasteiger partial charge in [-0.3, -0.25) is 4.79 Å². The summed E-state index contributed by atoms with van der Waals surface area (Å²) in [5.41, 5.74) is 1.02. The zero-order valence-electron chi connectivity index (χ0n) is 8.76. The van der Waals surface area contributed by atoms with E-state index < -0.39 is 0 Å². The Morgan fingerprint density at radius 2 is 2.43 bits per heavy atom. The minimum absolute atomic E-state index is 0.110. The van der Waals surface area contributed by atoms with Crippen molar-refractivity contribution in [3.05, 3.63) is 17.7 Å². The number of carbonyl (C=O) groups excluding carboxylic acids is 1. The number of rotatable bonds is 5. The van der Waals surface area contributed by atoms with E-state index in [2.05, 4.69) is 15.3 Å². The number of aryl methyl sites for hydroxylation is 2. The highest BCUT2D eigenvalue weighted by Gasteiger charge is 2.02. The molecule has 0 bridgehead atoms. The number of hydrogen-bond donors (Lipinski definition) is 2. The van der Waals surface area contributed by atoms with Crippen LogP contribution in [0.5, 0.6) is 0 Å². The van der Waals surface area contributed by atoms with Crippen LogP contribution in [0.1, 0.15) is 31.3 Å². The zero-order chi connectivity index (χ0) is 10.4. The van der Waals surface area contributed by atoms with Crippen LogP contribution in [0.25, 0.3) is 0 Å². The van der Waals surface area contributed by atoms with Crippen molar-refractivity contribution >= 4 is 5.91 Å². The maximum atomic E-state index is 11.2. The molecule has 0 aliphatic carbocycles. The lowest BCUT2D eigenvalue weighted by Gasteiger charge is -2.01. The molecule has 1 heterocycles. The highest BCUT2D eigenvalue weighted by atomic mass is 16.1. The molecular formula is C10H17N3O. The maximum absolute atomic E-state index is 11.2. The van der Waals surface area contributed by atoms with Crippen molar-refractivity contribution < 1.29 is 4.79 Å². The zero-order valence-corrected chi connectivity index (χ0v) is 8.76. The molecule has 0 saturated heterocycles. The van der Waals surface area contributed by atoms with E-state index in [1.54, 1.807) is 6.20 Å². The van der Waals surface area contributed by atoms with Gasteiger partial charge in [0, 0.05) is 24.9 Å². The van der Waals surface area contributed by atoms with Gasteiger partial charge in [-0.2, -0.15) is 0 Å². The summed E-state index contributed by atoms with van der Waals surface area (Å²) in [5, 5.41) is 2.84. The maximum Gasteiger partial charge on any atom is 0.220 e. The van der Waals surface area contributed by atoms with Gasteiger partial charge in [-0.25, -0.2) is 4.98 Å². The van der Waals surface area contributed by atoms with Crippen LogP contribution in [0, 0.1) is 6.92 Å². The van der Waals surface area contributed by atoms with Crippen LogP contribution >= 0.6 is 0 Å². The first-order valence-electron chi connectivity index (χ1n) is 4.99. The van der Waals surface area contributed by atoms with E-state index in [1.807, 2.05) is 13.8 Å². The van der Waals surface area contributed by atoms with Crippen molar-refractivity contribution in [2.45, 2.75) is 33.1 Å². The first-order valence-corrected chi connectivity index (χ1v) is 4.99. The lowest BCUT2D eigenvalue weighted by Crippen LogP contribution is -2.24. The molecule has 1 amide bonds. The number of aromatic nitrogens is 2. The van der Waals surface area contributed by atoms with E-state index >= 15 is 0 Å². The number of imidazole rings is 1. The Hall–Kier alpha value is -1.32. The number of nitrogens with one attached hydrogen (secondary N) is 2. The van der Waals surface area contributed by atoms with Crippen molar-refractivity contribution in [2.24, 2.45) is 0 Å². The molecule has 1 aromatic rings.